The largest absolute Gasteiger partial charge is 0.497 e. The van der Waals surface area contributed by atoms with E-state index in [1.807, 2.05) is 81.4 Å². The summed E-state index contributed by atoms with van der Waals surface area (Å²) in [6, 6.07) is 20.9. The first kappa shape index (κ1) is 22.0. The molecule has 0 saturated heterocycles. The second-order valence-corrected chi connectivity index (χ2v) is 7.13. The fraction of sp³-hybridized carbons (Fsp3) is 0.192. The molecular weight excluding hydrogens is 390 g/mol. The Balaban J connectivity index is 1.89. The standard InChI is InChI=1S/C26H27NO4/c1-18-14-19(2)16-25(15-18)31-26(27-21-6-8-22(28-4)9-7-21)20(3)17-30-24-12-10-23(29-5)11-13-24/h6-17H,1-5H3/b20-17+,27-26+. The summed E-state index contributed by atoms with van der Waals surface area (Å²) in [5.41, 5.74) is 3.73. The Morgan fingerprint density at radius 1 is 0.710 bits per heavy atom. The van der Waals surface area contributed by atoms with Crippen LogP contribution in [-0.4, -0.2) is 20.1 Å². The highest BCUT2D eigenvalue weighted by Gasteiger charge is 2.09. The topological polar surface area (TPSA) is 49.3 Å². The number of benzene rings is 3. The van der Waals surface area contributed by atoms with Gasteiger partial charge in [0.15, 0.2) is 0 Å². The minimum atomic E-state index is 0.448. The van der Waals surface area contributed by atoms with Crippen LogP contribution in [0.25, 0.3) is 0 Å². The fourth-order valence-electron chi connectivity index (χ4n) is 2.93. The van der Waals surface area contributed by atoms with Crippen LogP contribution in [-0.2, 0) is 0 Å². The summed E-state index contributed by atoms with van der Waals surface area (Å²) in [6.07, 6.45) is 1.63. The molecule has 0 aliphatic heterocycles. The minimum Gasteiger partial charge on any atom is -0.497 e. The van der Waals surface area contributed by atoms with Crippen molar-refractivity contribution in [3.8, 4) is 23.0 Å². The molecule has 0 amide bonds. The maximum atomic E-state index is 6.17. The molecule has 0 spiro atoms. The fourth-order valence-corrected chi connectivity index (χ4v) is 2.93. The van der Waals surface area contributed by atoms with Gasteiger partial charge in [0.25, 0.3) is 0 Å². The molecule has 0 N–H and O–H groups in total. The maximum absolute atomic E-state index is 6.17. The lowest BCUT2D eigenvalue weighted by atomic mass is 10.1. The van der Waals surface area contributed by atoms with Gasteiger partial charge in [0.1, 0.15) is 23.0 Å². The Kier molecular flexibility index (Phi) is 7.33. The van der Waals surface area contributed by atoms with Gasteiger partial charge in [-0.1, -0.05) is 6.07 Å². The van der Waals surface area contributed by atoms with Gasteiger partial charge >= 0.3 is 0 Å². The van der Waals surface area contributed by atoms with E-state index < -0.39 is 0 Å². The predicted molar refractivity (Wildman–Crippen MR) is 124 cm³/mol. The van der Waals surface area contributed by atoms with Gasteiger partial charge in [-0.05, 0) is 92.6 Å². The van der Waals surface area contributed by atoms with E-state index >= 15 is 0 Å². The van der Waals surface area contributed by atoms with Crippen molar-refractivity contribution in [3.05, 3.63) is 89.7 Å². The van der Waals surface area contributed by atoms with Crippen LogP contribution in [0.3, 0.4) is 0 Å². The summed E-state index contributed by atoms with van der Waals surface area (Å²) in [5, 5.41) is 0. The molecule has 5 nitrogen and oxygen atoms in total. The summed E-state index contributed by atoms with van der Waals surface area (Å²) >= 11 is 0. The zero-order valence-electron chi connectivity index (χ0n) is 18.5. The first-order chi connectivity index (χ1) is 15.0. The molecule has 5 heteroatoms. The molecule has 0 aliphatic rings. The Labute approximate surface area is 183 Å². The average Bonchev–Trinajstić information content (AvgIpc) is 2.77. The molecule has 0 unspecified atom stereocenters. The van der Waals surface area contributed by atoms with Gasteiger partial charge in [-0.2, -0.15) is 0 Å². The van der Waals surface area contributed by atoms with Gasteiger partial charge in [-0.3, -0.25) is 0 Å². The number of hydrogen-bond donors (Lipinski definition) is 0. The molecule has 0 aliphatic carbocycles. The molecule has 0 fully saturated rings. The van der Waals surface area contributed by atoms with Gasteiger partial charge in [0, 0.05) is 5.57 Å². The molecule has 160 valence electrons. The highest BCUT2D eigenvalue weighted by atomic mass is 16.5. The van der Waals surface area contributed by atoms with Crippen molar-refractivity contribution in [2.45, 2.75) is 20.8 Å². The first-order valence-corrected chi connectivity index (χ1v) is 9.93. The highest BCUT2D eigenvalue weighted by molar-refractivity contribution is 5.96. The third-order valence-corrected chi connectivity index (χ3v) is 4.48. The zero-order valence-corrected chi connectivity index (χ0v) is 18.5. The first-order valence-electron chi connectivity index (χ1n) is 9.93. The number of aliphatic imine (C=N–C) groups is 1. The van der Waals surface area contributed by atoms with Crippen LogP contribution in [0.5, 0.6) is 23.0 Å². The number of nitrogens with zero attached hydrogens (tertiary/aromatic N) is 1. The molecule has 0 bridgehead atoms. The van der Waals surface area contributed by atoms with Crippen molar-refractivity contribution >= 4 is 11.6 Å². The monoisotopic (exact) mass is 417 g/mol. The molecule has 3 rings (SSSR count). The summed E-state index contributed by atoms with van der Waals surface area (Å²) in [4.78, 5) is 4.70. The van der Waals surface area contributed by atoms with E-state index in [4.69, 9.17) is 23.9 Å². The average molecular weight is 418 g/mol. The molecular formula is C26H27NO4. The van der Waals surface area contributed by atoms with E-state index in [1.54, 1.807) is 20.5 Å². The third kappa shape index (κ3) is 6.37. The summed E-state index contributed by atoms with van der Waals surface area (Å²) in [6.45, 7) is 5.97. The highest BCUT2D eigenvalue weighted by Crippen LogP contribution is 2.23. The van der Waals surface area contributed by atoms with Crippen molar-refractivity contribution in [3.63, 3.8) is 0 Å². The summed E-state index contributed by atoms with van der Waals surface area (Å²) in [5.74, 6) is 3.40. The molecule has 0 saturated carbocycles. The third-order valence-electron chi connectivity index (χ3n) is 4.48. The lowest BCUT2D eigenvalue weighted by Crippen LogP contribution is -2.11. The predicted octanol–water partition coefficient (Wildman–Crippen LogP) is 6.41. The van der Waals surface area contributed by atoms with Gasteiger partial charge in [0.2, 0.25) is 5.90 Å². The van der Waals surface area contributed by atoms with Crippen LogP contribution in [0.4, 0.5) is 5.69 Å². The van der Waals surface area contributed by atoms with E-state index in [9.17, 15) is 0 Å². The number of rotatable bonds is 7. The molecule has 31 heavy (non-hydrogen) atoms. The number of aryl methyl sites for hydroxylation is 2. The molecule has 0 aromatic heterocycles. The molecule has 3 aromatic rings. The van der Waals surface area contributed by atoms with Crippen LogP contribution in [0.1, 0.15) is 18.1 Å². The van der Waals surface area contributed by atoms with Crippen molar-refractivity contribution in [2.24, 2.45) is 4.99 Å². The molecule has 3 aromatic carbocycles. The van der Waals surface area contributed by atoms with E-state index in [2.05, 4.69) is 6.07 Å². The maximum Gasteiger partial charge on any atom is 0.225 e. The van der Waals surface area contributed by atoms with Crippen LogP contribution in [0.15, 0.2) is 83.6 Å². The Bertz CT molecular complexity index is 1050. The van der Waals surface area contributed by atoms with Gasteiger partial charge in [-0.15, -0.1) is 0 Å². The number of methoxy groups -OCH3 is 2. The quantitative estimate of drug-likeness (QED) is 0.253. The van der Waals surface area contributed by atoms with Crippen LogP contribution in [0, 0.1) is 13.8 Å². The van der Waals surface area contributed by atoms with E-state index in [0.717, 1.165) is 39.6 Å². The SMILES string of the molecule is COc1ccc(/N=C(Oc2cc(C)cc(C)c2)\C(C)=C\Oc2ccc(OC)cc2)cc1. The second kappa shape index (κ2) is 10.3. The lowest BCUT2D eigenvalue weighted by molar-refractivity contribution is 0.412. The summed E-state index contributed by atoms with van der Waals surface area (Å²) < 4.78 is 22.4. The Hall–Kier alpha value is -3.73. The van der Waals surface area contributed by atoms with E-state index in [1.165, 1.54) is 0 Å². The molecule has 0 atom stereocenters. The smallest absolute Gasteiger partial charge is 0.225 e. The van der Waals surface area contributed by atoms with E-state index in [0.29, 0.717) is 11.6 Å². The van der Waals surface area contributed by atoms with Gasteiger partial charge < -0.3 is 18.9 Å². The van der Waals surface area contributed by atoms with Crippen molar-refractivity contribution in [2.75, 3.05) is 14.2 Å². The van der Waals surface area contributed by atoms with Crippen LogP contribution >= 0.6 is 0 Å². The van der Waals surface area contributed by atoms with Crippen LogP contribution in [0.2, 0.25) is 0 Å². The Morgan fingerprint density at radius 3 is 1.77 bits per heavy atom. The normalized spacial score (nSPS) is 11.8. The van der Waals surface area contributed by atoms with Crippen LogP contribution < -0.4 is 18.9 Å². The second-order valence-electron chi connectivity index (χ2n) is 7.13. The Morgan fingerprint density at radius 2 is 1.23 bits per heavy atom. The lowest BCUT2D eigenvalue weighted by Gasteiger charge is -2.12. The minimum absolute atomic E-state index is 0.448. The van der Waals surface area contributed by atoms with Crippen molar-refractivity contribution < 1.29 is 18.9 Å². The van der Waals surface area contributed by atoms with Crippen molar-refractivity contribution in [1.29, 1.82) is 0 Å². The summed E-state index contributed by atoms with van der Waals surface area (Å²) in [7, 11) is 3.27. The molecule has 0 heterocycles. The van der Waals surface area contributed by atoms with Gasteiger partial charge in [0.05, 0.1) is 26.2 Å². The zero-order chi connectivity index (χ0) is 22.2. The van der Waals surface area contributed by atoms with E-state index in [-0.39, 0.29) is 0 Å². The molecule has 0 radical (unpaired) electrons. The number of hydrogen-bond acceptors (Lipinski definition) is 5. The van der Waals surface area contributed by atoms with Gasteiger partial charge in [-0.25, -0.2) is 4.99 Å². The van der Waals surface area contributed by atoms with Crippen molar-refractivity contribution in [1.82, 2.24) is 0 Å². The number of ether oxygens (including phenoxy) is 4.